The fraction of sp³-hybridized carbons (Fsp3) is 0.167. The van der Waals surface area contributed by atoms with Crippen LogP contribution in [0.4, 0.5) is 0 Å². The summed E-state index contributed by atoms with van der Waals surface area (Å²) < 4.78 is 4.39. The molecule has 2 aromatic heterocycles. The lowest BCUT2D eigenvalue weighted by Crippen LogP contribution is -2.30. The summed E-state index contributed by atoms with van der Waals surface area (Å²) in [5, 5.41) is 14.6. The first kappa shape index (κ1) is 13.9. The summed E-state index contributed by atoms with van der Waals surface area (Å²) in [4.78, 5) is 30.6. The summed E-state index contributed by atoms with van der Waals surface area (Å²) in [6.07, 6.45) is 3.07. The van der Waals surface area contributed by atoms with Gasteiger partial charge in [-0.25, -0.2) is 9.97 Å². The summed E-state index contributed by atoms with van der Waals surface area (Å²) in [6, 6.07) is 1.40. The smallest absolute Gasteiger partial charge is 0.325 e. The number of hydrogen-bond acceptors (Lipinski definition) is 7. The minimum absolute atomic E-state index is 0.158. The molecule has 0 aliphatic rings. The Morgan fingerprint density at radius 2 is 2.25 bits per heavy atom. The van der Waals surface area contributed by atoms with Gasteiger partial charge in [0, 0.05) is 23.3 Å². The second-order valence-electron chi connectivity index (χ2n) is 3.69. The maximum absolute atomic E-state index is 11.7. The first-order chi connectivity index (χ1) is 9.61. The van der Waals surface area contributed by atoms with E-state index in [1.165, 1.54) is 30.7 Å². The Labute approximate surface area is 118 Å². The number of thiazole rings is 1. The number of carbonyl (C=O) groups excluding carboxylic acids is 2. The van der Waals surface area contributed by atoms with Crippen molar-refractivity contribution in [3.05, 3.63) is 29.5 Å². The normalized spacial score (nSPS) is 10.1. The number of amides is 1. The highest BCUT2D eigenvalue weighted by atomic mass is 32.1. The van der Waals surface area contributed by atoms with E-state index in [1.807, 2.05) is 0 Å². The summed E-state index contributed by atoms with van der Waals surface area (Å²) >= 11 is 1.39. The van der Waals surface area contributed by atoms with Crippen molar-refractivity contribution in [1.29, 1.82) is 0 Å². The number of ether oxygens (including phenoxy) is 1. The molecular weight excluding hydrogens is 282 g/mol. The van der Waals surface area contributed by atoms with Gasteiger partial charge in [-0.3, -0.25) is 9.59 Å². The second-order valence-corrected chi connectivity index (χ2v) is 4.58. The first-order valence-corrected chi connectivity index (χ1v) is 6.43. The highest BCUT2D eigenvalue weighted by Crippen LogP contribution is 2.25. The molecule has 0 radical (unpaired) electrons. The van der Waals surface area contributed by atoms with Gasteiger partial charge in [0.15, 0.2) is 5.69 Å². The molecule has 8 heteroatoms. The van der Waals surface area contributed by atoms with Crippen LogP contribution in [-0.4, -0.2) is 40.6 Å². The van der Waals surface area contributed by atoms with E-state index in [9.17, 15) is 14.7 Å². The van der Waals surface area contributed by atoms with Crippen molar-refractivity contribution in [2.75, 3.05) is 13.7 Å². The van der Waals surface area contributed by atoms with Crippen LogP contribution in [-0.2, 0) is 9.53 Å². The number of hydrogen-bond donors (Lipinski definition) is 2. The number of pyridine rings is 1. The Kier molecular flexibility index (Phi) is 4.26. The van der Waals surface area contributed by atoms with E-state index in [4.69, 9.17) is 0 Å². The molecule has 0 saturated heterocycles. The summed E-state index contributed by atoms with van der Waals surface area (Å²) in [5.74, 6) is -1.52. The van der Waals surface area contributed by atoms with Gasteiger partial charge in [0.2, 0.25) is 0 Å². The monoisotopic (exact) mass is 293 g/mol. The van der Waals surface area contributed by atoms with Gasteiger partial charge in [-0.15, -0.1) is 11.3 Å². The zero-order chi connectivity index (χ0) is 14.5. The van der Waals surface area contributed by atoms with Gasteiger partial charge >= 0.3 is 5.97 Å². The summed E-state index contributed by atoms with van der Waals surface area (Å²) in [5.41, 5.74) is 0.455. The number of aromatic hydroxyl groups is 1. The average Bonchev–Trinajstić information content (AvgIpc) is 2.98. The minimum Gasteiger partial charge on any atom is -0.505 e. The molecule has 0 aliphatic heterocycles. The van der Waals surface area contributed by atoms with Crippen LogP contribution in [0.3, 0.4) is 0 Å². The van der Waals surface area contributed by atoms with Crippen molar-refractivity contribution in [1.82, 2.24) is 15.3 Å². The van der Waals surface area contributed by atoms with Gasteiger partial charge in [-0.2, -0.15) is 0 Å². The minimum atomic E-state index is -0.654. The fourth-order valence-electron chi connectivity index (χ4n) is 1.42. The largest absolute Gasteiger partial charge is 0.505 e. The van der Waals surface area contributed by atoms with E-state index in [0.29, 0.717) is 10.6 Å². The average molecular weight is 293 g/mol. The maximum atomic E-state index is 11.7. The number of carbonyl (C=O) groups is 2. The molecular formula is C12H11N3O4S. The quantitative estimate of drug-likeness (QED) is 0.809. The molecule has 0 saturated carbocycles. The SMILES string of the molecule is COC(=O)CNC(=O)c1ncc(-c2nccs2)cc1O. The fourth-order valence-corrected chi connectivity index (χ4v) is 2.04. The molecule has 0 unspecified atom stereocenters. The third-order valence-electron chi connectivity index (χ3n) is 2.38. The van der Waals surface area contributed by atoms with E-state index in [-0.39, 0.29) is 18.0 Å². The Hall–Kier alpha value is -2.48. The number of rotatable bonds is 4. The van der Waals surface area contributed by atoms with Crippen LogP contribution in [0.5, 0.6) is 5.75 Å². The van der Waals surface area contributed by atoms with Crippen LogP contribution in [0.15, 0.2) is 23.8 Å². The lowest BCUT2D eigenvalue weighted by molar-refractivity contribution is -0.139. The van der Waals surface area contributed by atoms with Crippen molar-refractivity contribution in [2.24, 2.45) is 0 Å². The van der Waals surface area contributed by atoms with Gasteiger partial charge < -0.3 is 15.2 Å². The van der Waals surface area contributed by atoms with Crippen LogP contribution in [0.25, 0.3) is 10.6 Å². The van der Waals surface area contributed by atoms with E-state index >= 15 is 0 Å². The van der Waals surface area contributed by atoms with Crippen molar-refractivity contribution in [3.8, 4) is 16.3 Å². The highest BCUT2D eigenvalue weighted by Gasteiger charge is 2.15. The first-order valence-electron chi connectivity index (χ1n) is 5.55. The van der Waals surface area contributed by atoms with Gasteiger partial charge in [0.25, 0.3) is 5.91 Å². The third-order valence-corrected chi connectivity index (χ3v) is 3.21. The number of methoxy groups -OCH3 is 1. The van der Waals surface area contributed by atoms with Crippen LogP contribution < -0.4 is 5.32 Å². The van der Waals surface area contributed by atoms with Crippen LogP contribution in [0.1, 0.15) is 10.5 Å². The van der Waals surface area contributed by atoms with Crippen molar-refractivity contribution < 1.29 is 19.4 Å². The molecule has 0 aliphatic carbocycles. The predicted octanol–water partition coefficient (Wildman–Crippen LogP) is 0.813. The van der Waals surface area contributed by atoms with Crippen LogP contribution >= 0.6 is 11.3 Å². The molecule has 2 aromatic rings. The molecule has 20 heavy (non-hydrogen) atoms. The Balaban J connectivity index is 2.13. The number of nitrogens with one attached hydrogen (secondary N) is 1. The van der Waals surface area contributed by atoms with Gasteiger partial charge in [0.05, 0.1) is 7.11 Å². The lowest BCUT2D eigenvalue weighted by atomic mass is 10.2. The Morgan fingerprint density at radius 1 is 1.45 bits per heavy atom. The third kappa shape index (κ3) is 3.09. The standard InChI is InChI=1S/C12H11N3O4S/c1-19-9(17)6-15-11(18)10-8(16)4-7(5-14-10)12-13-2-3-20-12/h2-5,16H,6H2,1H3,(H,15,18). The summed E-state index contributed by atoms with van der Waals surface area (Å²) in [7, 11) is 1.22. The van der Waals surface area contributed by atoms with E-state index in [2.05, 4.69) is 20.0 Å². The zero-order valence-electron chi connectivity index (χ0n) is 10.5. The summed E-state index contributed by atoms with van der Waals surface area (Å²) in [6.45, 7) is -0.287. The maximum Gasteiger partial charge on any atom is 0.325 e. The number of nitrogens with zero attached hydrogens (tertiary/aromatic N) is 2. The van der Waals surface area contributed by atoms with Crippen molar-refractivity contribution in [2.45, 2.75) is 0 Å². The molecule has 0 fully saturated rings. The highest BCUT2D eigenvalue weighted by molar-refractivity contribution is 7.13. The molecule has 2 heterocycles. The van der Waals surface area contributed by atoms with Crippen LogP contribution in [0.2, 0.25) is 0 Å². The second kappa shape index (κ2) is 6.11. The molecule has 0 aromatic carbocycles. The zero-order valence-corrected chi connectivity index (χ0v) is 11.3. The molecule has 1 amide bonds. The number of aromatic nitrogens is 2. The van der Waals surface area contributed by atoms with Gasteiger partial charge in [0.1, 0.15) is 17.3 Å². The van der Waals surface area contributed by atoms with Crippen molar-refractivity contribution >= 4 is 23.2 Å². The van der Waals surface area contributed by atoms with Crippen LogP contribution in [0, 0.1) is 0 Å². The van der Waals surface area contributed by atoms with Gasteiger partial charge in [-0.1, -0.05) is 0 Å². The number of esters is 1. The molecule has 0 atom stereocenters. The molecule has 0 spiro atoms. The topological polar surface area (TPSA) is 101 Å². The molecule has 104 valence electrons. The lowest BCUT2D eigenvalue weighted by Gasteiger charge is -2.06. The molecule has 2 N–H and O–H groups in total. The predicted molar refractivity (Wildman–Crippen MR) is 71.4 cm³/mol. The van der Waals surface area contributed by atoms with Gasteiger partial charge in [-0.05, 0) is 6.07 Å². The van der Waals surface area contributed by atoms with E-state index in [1.54, 1.807) is 11.6 Å². The van der Waals surface area contributed by atoms with E-state index < -0.39 is 11.9 Å². The Bertz CT molecular complexity index is 628. The molecule has 7 nitrogen and oxygen atoms in total. The van der Waals surface area contributed by atoms with Crippen molar-refractivity contribution in [3.63, 3.8) is 0 Å². The van der Waals surface area contributed by atoms with E-state index in [0.717, 1.165) is 0 Å². The molecule has 0 bridgehead atoms. The molecule has 2 rings (SSSR count). The Morgan fingerprint density at radius 3 is 2.85 bits per heavy atom.